The van der Waals surface area contributed by atoms with Gasteiger partial charge in [-0.05, 0) is 54.0 Å². The van der Waals surface area contributed by atoms with Crippen LogP contribution >= 0.6 is 0 Å². The second-order valence-electron chi connectivity index (χ2n) is 6.65. The molecule has 0 radical (unpaired) electrons. The highest BCUT2D eigenvalue weighted by atomic mass is 16.5. The zero-order valence-corrected chi connectivity index (χ0v) is 13.0. The summed E-state index contributed by atoms with van der Waals surface area (Å²) >= 11 is 0. The standard InChI is InChI=1S/C19H25NO/c1-13(2)15-8-10-18(20)19(12-15)21-17-9-7-14-5-3-4-6-16(14)11-17/h3-7,9,11,13,15,18-19H,8,10,12,20H2,1-2H3. The lowest BCUT2D eigenvalue weighted by molar-refractivity contribution is 0.0869. The Labute approximate surface area is 127 Å². The van der Waals surface area contributed by atoms with Crippen LogP contribution in [-0.4, -0.2) is 12.1 Å². The Morgan fingerprint density at radius 2 is 1.81 bits per heavy atom. The van der Waals surface area contributed by atoms with Gasteiger partial charge < -0.3 is 10.5 Å². The van der Waals surface area contributed by atoms with E-state index in [2.05, 4.69) is 56.3 Å². The fourth-order valence-corrected chi connectivity index (χ4v) is 3.34. The first-order chi connectivity index (χ1) is 10.1. The van der Waals surface area contributed by atoms with Crippen LogP contribution in [0.1, 0.15) is 33.1 Å². The van der Waals surface area contributed by atoms with Crippen LogP contribution < -0.4 is 10.5 Å². The number of benzene rings is 2. The smallest absolute Gasteiger partial charge is 0.120 e. The highest BCUT2D eigenvalue weighted by Gasteiger charge is 2.31. The van der Waals surface area contributed by atoms with Crippen LogP contribution in [0.15, 0.2) is 42.5 Å². The summed E-state index contributed by atoms with van der Waals surface area (Å²) in [6.45, 7) is 4.60. The molecule has 0 saturated heterocycles. The molecule has 0 bridgehead atoms. The normalized spacial score (nSPS) is 26.2. The van der Waals surface area contributed by atoms with Crippen molar-refractivity contribution in [3.05, 3.63) is 42.5 Å². The second-order valence-corrected chi connectivity index (χ2v) is 6.65. The molecule has 2 nitrogen and oxygen atoms in total. The Morgan fingerprint density at radius 1 is 1.05 bits per heavy atom. The van der Waals surface area contributed by atoms with Gasteiger partial charge in [-0.3, -0.25) is 0 Å². The van der Waals surface area contributed by atoms with Crippen molar-refractivity contribution >= 4 is 10.8 Å². The lowest BCUT2D eigenvalue weighted by atomic mass is 9.78. The molecular weight excluding hydrogens is 258 g/mol. The average molecular weight is 283 g/mol. The molecule has 0 spiro atoms. The summed E-state index contributed by atoms with van der Waals surface area (Å²) in [4.78, 5) is 0. The molecule has 0 heterocycles. The molecule has 2 aromatic carbocycles. The molecule has 0 aliphatic heterocycles. The molecule has 1 aliphatic carbocycles. The number of rotatable bonds is 3. The van der Waals surface area contributed by atoms with E-state index in [0.29, 0.717) is 5.92 Å². The predicted octanol–water partition coefficient (Wildman–Crippen LogP) is 4.37. The van der Waals surface area contributed by atoms with E-state index in [4.69, 9.17) is 10.5 Å². The van der Waals surface area contributed by atoms with Gasteiger partial charge in [0, 0.05) is 6.04 Å². The van der Waals surface area contributed by atoms with Gasteiger partial charge in [0.05, 0.1) is 0 Å². The summed E-state index contributed by atoms with van der Waals surface area (Å²) in [7, 11) is 0. The zero-order chi connectivity index (χ0) is 14.8. The molecule has 3 atom stereocenters. The first-order valence-electron chi connectivity index (χ1n) is 8.04. The Bertz CT molecular complexity index is 607. The molecule has 1 saturated carbocycles. The van der Waals surface area contributed by atoms with Gasteiger partial charge >= 0.3 is 0 Å². The van der Waals surface area contributed by atoms with Crippen LogP contribution in [0.5, 0.6) is 5.75 Å². The molecule has 112 valence electrons. The average Bonchev–Trinajstić information content (AvgIpc) is 2.49. The van der Waals surface area contributed by atoms with Crippen molar-refractivity contribution < 1.29 is 4.74 Å². The molecule has 0 amide bonds. The van der Waals surface area contributed by atoms with E-state index in [9.17, 15) is 0 Å². The van der Waals surface area contributed by atoms with Crippen LogP contribution in [-0.2, 0) is 0 Å². The van der Waals surface area contributed by atoms with Gasteiger partial charge in [0.2, 0.25) is 0 Å². The number of ether oxygens (including phenoxy) is 1. The summed E-state index contributed by atoms with van der Waals surface area (Å²) in [5.41, 5.74) is 6.28. The van der Waals surface area contributed by atoms with Gasteiger partial charge in [-0.1, -0.05) is 44.2 Å². The van der Waals surface area contributed by atoms with Gasteiger partial charge in [0.15, 0.2) is 0 Å². The molecule has 0 aromatic heterocycles. The molecule has 2 aromatic rings. The third-order valence-corrected chi connectivity index (χ3v) is 4.83. The molecule has 2 N–H and O–H groups in total. The minimum Gasteiger partial charge on any atom is -0.489 e. The molecule has 1 fully saturated rings. The van der Waals surface area contributed by atoms with Crippen molar-refractivity contribution in [2.75, 3.05) is 0 Å². The Morgan fingerprint density at radius 3 is 2.57 bits per heavy atom. The zero-order valence-electron chi connectivity index (χ0n) is 13.0. The quantitative estimate of drug-likeness (QED) is 0.907. The fourth-order valence-electron chi connectivity index (χ4n) is 3.34. The van der Waals surface area contributed by atoms with Gasteiger partial charge in [-0.15, -0.1) is 0 Å². The number of nitrogens with two attached hydrogens (primary N) is 1. The lowest BCUT2D eigenvalue weighted by Gasteiger charge is -2.36. The van der Waals surface area contributed by atoms with Crippen LogP contribution in [0.2, 0.25) is 0 Å². The topological polar surface area (TPSA) is 35.2 Å². The van der Waals surface area contributed by atoms with Crippen molar-refractivity contribution in [3.63, 3.8) is 0 Å². The van der Waals surface area contributed by atoms with E-state index < -0.39 is 0 Å². The van der Waals surface area contributed by atoms with Crippen molar-refractivity contribution in [2.45, 2.75) is 45.3 Å². The number of hydrogen-bond donors (Lipinski definition) is 1. The van der Waals surface area contributed by atoms with E-state index in [-0.39, 0.29) is 12.1 Å². The lowest BCUT2D eigenvalue weighted by Crippen LogP contribution is -2.44. The maximum Gasteiger partial charge on any atom is 0.120 e. The minimum absolute atomic E-state index is 0.146. The van der Waals surface area contributed by atoms with Gasteiger partial charge in [-0.2, -0.15) is 0 Å². The molecule has 21 heavy (non-hydrogen) atoms. The maximum absolute atomic E-state index is 6.28. The van der Waals surface area contributed by atoms with Gasteiger partial charge in [0.1, 0.15) is 11.9 Å². The Kier molecular flexibility index (Phi) is 4.16. The third kappa shape index (κ3) is 3.21. The SMILES string of the molecule is CC(C)C1CCC(N)C(Oc2ccc3ccccc3c2)C1. The third-order valence-electron chi connectivity index (χ3n) is 4.83. The molecule has 3 rings (SSSR count). The van der Waals surface area contributed by atoms with Gasteiger partial charge in [0.25, 0.3) is 0 Å². The largest absolute Gasteiger partial charge is 0.489 e. The Hall–Kier alpha value is -1.54. The number of hydrogen-bond acceptors (Lipinski definition) is 2. The van der Waals surface area contributed by atoms with Crippen molar-refractivity contribution in [2.24, 2.45) is 17.6 Å². The van der Waals surface area contributed by atoms with E-state index in [1.165, 1.54) is 17.2 Å². The fraction of sp³-hybridized carbons (Fsp3) is 0.474. The van der Waals surface area contributed by atoms with Crippen molar-refractivity contribution in [1.82, 2.24) is 0 Å². The second kappa shape index (κ2) is 6.07. The van der Waals surface area contributed by atoms with E-state index in [0.717, 1.165) is 24.5 Å². The van der Waals surface area contributed by atoms with E-state index in [1.807, 2.05) is 0 Å². The first-order valence-corrected chi connectivity index (χ1v) is 8.04. The molecular formula is C19H25NO. The monoisotopic (exact) mass is 283 g/mol. The summed E-state index contributed by atoms with van der Waals surface area (Å²) in [6.07, 6.45) is 3.52. The summed E-state index contributed by atoms with van der Waals surface area (Å²) in [5.74, 6) is 2.38. The molecule has 1 aliphatic rings. The van der Waals surface area contributed by atoms with Crippen molar-refractivity contribution in [1.29, 1.82) is 0 Å². The first kappa shape index (κ1) is 14.4. The summed E-state index contributed by atoms with van der Waals surface area (Å²) in [5, 5.41) is 2.47. The minimum atomic E-state index is 0.146. The highest BCUT2D eigenvalue weighted by molar-refractivity contribution is 5.83. The summed E-state index contributed by atoms with van der Waals surface area (Å²) in [6, 6.07) is 14.8. The molecule has 2 heteroatoms. The van der Waals surface area contributed by atoms with Gasteiger partial charge in [-0.25, -0.2) is 0 Å². The Balaban J connectivity index is 1.76. The highest BCUT2D eigenvalue weighted by Crippen LogP contribution is 2.32. The maximum atomic E-state index is 6.28. The van der Waals surface area contributed by atoms with Crippen LogP contribution in [0.25, 0.3) is 10.8 Å². The van der Waals surface area contributed by atoms with E-state index >= 15 is 0 Å². The van der Waals surface area contributed by atoms with Crippen LogP contribution in [0.3, 0.4) is 0 Å². The summed E-state index contributed by atoms with van der Waals surface area (Å²) < 4.78 is 6.23. The van der Waals surface area contributed by atoms with Crippen molar-refractivity contribution in [3.8, 4) is 5.75 Å². The van der Waals surface area contributed by atoms with Crippen LogP contribution in [0, 0.1) is 11.8 Å². The van der Waals surface area contributed by atoms with E-state index in [1.54, 1.807) is 0 Å². The van der Waals surface area contributed by atoms with Crippen LogP contribution in [0.4, 0.5) is 0 Å². The molecule has 3 unspecified atom stereocenters. The predicted molar refractivity (Wildman–Crippen MR) is 88.5 cm³/mol. The number of fused-ring (bicyclic) bond motifs is 1.